The Bertz CT molecular complexity index is 616. The van der Waals surface area contributed by atoms with Gasteiger partial charge in [0.2, 0.25) is 0 Å². The van der Waals surface area contributed by atoms with Crippen LogP contribution in [0.3, 0.4) is 0 Å². The normalized spacial score (nSPS) is 12.8. The summed E-state index contributed by atoms with van der Waals surface area (Å²) in [4.78, 5) is 22.2. The number of alkyl halides is 7. The molecule has 0 aromatic heterocycles. The van der Waals surface area contributed by atoms with E-state index in [1.54, 1.807) is 0 Å². The van der Waals surface area contributed by atoms with Gasteiger partial charge in [0.15, 0.2) is 0 Å². The molecule has 23 heavy (non-hydrogen) atoms. The van der Waals surface area contributed by atoms with Gasteiger partial charge in [0.05, 0.1) is 11.3 Å². The molecule has 1 rings (SSSR count). The summed E-state index contributed by atoms with van der Waals surface area (Å²) >= 11 is 0. The molecular formula is C11H7F7N2O3. The summed E-state index contributed by atoms with van der Waals surface area (Å²) in [5.74, 6) is -9.89. The third-order valence-electron chi connectivity index (χ3n) is 2.34. The SMILES string of the molecule is NC(=O)c1ccccc1NC(=O)C(F)(F)C(F)(F)OC(F)(F)F. The van der Waals surface area contributed by atoms with E-state index in [4.69, 9.17) is 5.73 Å². The molecule has 0 bridgehead atoms. The maximum Gasteiger partial charge on any atom is 0.527 e. The van der Waals surface area contributed by atoms with E-state index in [1.807, 2.05) is 4.74 Å². The molecule has 0 radical (unpaired) electrons. The first-order chi connectivity index (χ1) is 10.3. The molecule has 0 aliphatic rings. The van der Waals surface area contributed by atoms with Crippen molar-refractivity contribution in [2.45, 2.75) is 18.4 Å². The molecule has 0 atom stereocenters. The number of hydrogen-bond acceptors (Lipinski definition) is 3. The van der Waals surface area contributed by atoms with Crippen LogP contribution in [0.15, 0.2) is 24.3 Å². The van der Waals surface area contributed by atoms with Crippen molar-refractivity contribution >= 4 is 17.5 Å². The minimum atomic E-state index is -6.17. The second-order valence-corrected chi connectivity index (χ2v) is 4.00. The fraction of sp³-hybridized carbons (Fsp3) is 0.273. The van der Waals surface area contributed by atoms with Crippen LogP contribution in [0, 0.1) is 0 Å². The summed E-state index contributed by atoms with van der Waals surface area (Å²) in [5.41, 5.74) is 3.66. The quantitative estimate of drug-likeness (QED) is 0.802. The number of benzene rings is 1. The lowest BCUT2D eigenvalue weighted by molar-refractivity contribution is -0.457. The zero-order valence-corrected chi connectivity index (χ0v) is 10.8. The number of para-hydroxylation sites is 1. The number of anilines is 1. The fourth-order valence-electron chi connectivity index (χ4n) is 1.35. The summed E-state index contributed by atoms with van der Waals surface area (Å²) in [6, 6.07) is 4.18. The van der Waals surface area contributed by atoms with E-state index in [0.717, 1.165) is 18.2 Å². The number of nitrogens with two attached hydrogens (primary N) is 1. The molecular weight excluding hydrogens is 341 g/mol. The molecule has 0 aliphatic heterocycles. The molecule has 3 N–H and O–H groups in total. The monoisotopic (exact) mass is 348 g/mol. The van der Waals surface area contributed by atoms with E-state index in [-0.39, 0.29) is 0 Å². The summed E-state index contributed by atoms with van der Waals surface area (Å²) in [6.07, 6.45) is -12.3. The molecule has 0 saturated heterocycles. The van der Waals surface area contributed by atoms with Crippen LogP contribution in [0.2, 0.25) is 0 Å². The van der Waals surface area contributed by atoms with Crippen LogP contribution in [0.4, 0.5) is 36.4 Å². The van der Waals surface area contributed by atoms with Gasteiger partial charge in [-0.15, -0.1) is 13.2 Å². The molecule has 0 spiro atoms. The predicted octanol–water partition coefficient (Wildman–Crippen LogP) is 2.49. The molecule has 128 valence electrons. The van der Waals surface area contributed by atoms with Crippen LogP contribution in [0.5, 0.6) is 0 Å². The Hall–Kier alpha value is -2.37. The average molecular weight is 348 g/mol. The van der Waals surface area contributed by atoms with Gasteiger partial charge in [-0.05, 0) is 12.1 Å². The first-order valence-electron chi connectivity index (χ1n) is 5.51. The molecule has 2 amide bonds. The summed E-state index contributed by atoms with van der Waals surface area (Å²) in [6.45, 7) is 0. The molecule has 0 heterocycles. The standard InChI is InChI=1S/C11H7F7N2O3/c12-9(13,10(14,15)23-11(16,17)18)8(22)20-6-4-2-1-3-5(6)7(19)21/h1-4H,(H2,19,21)(H,20,22). The second kappa shape index (κ2) is 6.02. The van der Waals surface area contributed by atoms with Crippen molar-refractivity contribution in [3.8, 4) is 0 Å². The van der Waals surface area contributed by atoms with Crippen molar-refractivity contribution in [1.29, 1.82) is 0 Å². The van der Waals surface area contributed by atoms with E-state index in [9.17, 15) is 40.3 Å². The number of rotatable bonds is 5. The molecule has 0 saturated carbocycles. The maximum atomic E-state index is 13.2. The largest absolute Gasteiger partial charge is 0.527 e. The van der Waals surface area contributed by atoms with Gasteiger partial charge in [-0.2, -0.15) is 17.6 Å². The van der Waals surface area contributed by atoms with Crippen molar-refractivity contribution in [3.63, 3.8) is 0 Å². The fourth-order valence-corrected chi connectivity index (χ4v) is 1.35. The Morgan fingerprint density at radius 2 is 1.52 bits per heavy atom. The molecule has 1 aromatic carbocycles. The van der Waals surface area contributed by atoms with Gasteiger partial charge in [-0.25, -0.2) is 4.74 Å². The Labute approximate surface area is 123 Å². The number of nitrogens with one attached hydrogen (secondary N) is 1. The van der Waals surface area contributed by atoms with E-state index >= 15 is 0 Å². The van der Waals surface area contributed by atoms with Crippen molar-refractivity contribution in [2.24, 2.45) is 5.73 Å². The number of carbonyl (C=O) groups is 2. The topological polar surface area (TPSA) is 81.4 Å². The highest BCUT2D eigenvalue weighted by Gasteiger charge is 2.67. The van der Waals surface area contributed by atoms with Gasteiger partial charge in [-0.1, -0.05) is 12.1 Å². The third-order valence-corrected chi connectivity index (χ3v) is 2.34. The first-order valence-corrected chi connectivity index (χ1v) is 5.51. The van der Waals surface area contributed by atoms with Crippen LogP contribution >= 0.6 is 0 Å². The van der Waals surface area contributed by atoms with Gasteiger partial charge in [0.1, 0.15) is 0 Å². The Balaban J connectivity index is 3.07. The van der Waals surface area contributed by atoms with E-state index < -0.39 is 41.5 Å². The average Bonchev–Trinajstić information content (AvgIpc) is 2.35. The van der Waals surface area contributed by atoms with Crippen LogP contribution in [-0.2, 0) is 9.53 Å². The number of carbonyl (C=O) groups excluding carboxylic acids is 2. The minimum Gasteiger partial charge on any atom is -0.366 e. The van der Waals surface area contributed by atoms with Crippen molar-refractivity contribution in [3.05, 3.63) is 29.8 Å². The van der Waals surface area contributed by atoms with Gasteiger partial charge in [-0.3, -0.25) is 9.59 Å². The first kappa shape index (κ1) is 18.7. The number of hydrogen-bond donors (Lipinski definition) is 2. The van der Waals surface area contributed by atoms with Gasteiger partial charge in [0.25, 0.3) is 5.91 Å². The number of ether oxygens (including phenoxy) is 1. The molecule has 0 aliphatic carbocycles. The van der Waals surface area contributed by atoms with E-state index in [2.05, 4.69) is 0 Å². The molecule has 1 aromatic rings. The smallest absolute Gasteiger partial charge is 0.366 e. The Kier molecular flexibility index (Phi) is 4.89. The maximum absolute atomic E-state index is 13.2. The summed E-state index contributed by atoms with van der Waals surface area (Å²) in [5, 5.41) is 1.21. The lowest BCUT2D eigenvalue weighted by Crippen LogP contribution is -2.53. The highest BCUT2D eigenvalue weighted by Crippen LogP contribution is 2.40. The van der Waals surface area contributed by atoms with Crippen LogP contribution < -0.4 is 11.1 Å². The zero-order valence-electron chi connectivity index (χ0n) is 10.8. The van der Waals surface area contributed by atoms with Crippen LogP contribution in [-0.4, -0.2) is 30.2 Å². The minimum absolute atomic E-state index is 0.517. The lowest BCUT2D eigenvalue weighted by Gasteiger charge is -2.25. The highest BCUT2D eigenvalue weighted by atomic mass is 19.4. The Morgan fingerprint density at radius 3 is 2.00 bits per heavy atom. The molecule has 0 fully saturated rings. The second-order valence-electron chi connectivity index (χ2n) is 4.00. The van der Waals surface area contributed by atoms with Crippen molar-refractivity contribution in [1.82, 2.24) is 0 Å². The molecule has 12 heteroatoms. The predicted molar refractivity (Wildman–Crippen MR) is 60.6 cm³/mol. The summed E-state index contributed by atoms with van der Waals surface area (Å²) in [7, 11) is 0. The van der Waals surface area contributed by atoms with Gasteiger partial charge in [0, 0.05) is 0 Å². The molecule has 5 nitrogen and oxygen atoms in total. The molecule has 0 unspecified atom stereocenters. The van der Waals surface area contributed by atoms with Crippen molar-refractivity contribution < 1.29 is 45.1 Å². The van der Waals surface area contributed by atoms with Crippen LogP contribution in [0.1, 0.15) is 10.4 Å². The lowest BCUT2D eigenvalue weighted by atomic mass is 10.1. The van der Waals surface area contributed by atoms with Crippen molar-refractivity contribution in [2.75, 3.05) is 5.32 Å². The van der Waals surface area contributed by atoms with E-state index in [0.29, 0.717) is 0 Å². The van der Waals surface area contributed by atoms with Gasteiger partial charge >= 0.3 is 24.3 Å². The number of primary amides is 1. The van der Waals surface area contributed by atoms with Crippen LogP contribution in [0.25, 0.3) is 0 Å². The number of halogens is 7. The third kappa shape index (κ3) is 4.31. The number of amides is 2. The van der Waals surface area contributed by atoms with Gasteiger partial charge < -0.3 is 11.1 Å². The highest BCUT2D eigenvalue weighted by molar-refractivity contribution is 6.04. The Morgan fingerprint density at radius 1 is 1.00 bits per heavy atom. The van der Waals surface area contributed by atoms with E-state index in [1.165, 1.54) is 11.4 Å². The summed E-state index contributed by atoms with van der Waals surface area (Å²) < 4.78 is 89.3. The zero-order chi connectivity index (χ0) is 18.1.